The molecule has 0 spiro atoms. The molecule has 8 nitrogen and oxygen atoms in total. The van der Waals surface area contributed by atoms with Crippen LogP contribution in [-0.2, 0) is 11.3 Å². The summed E-state index contributed by atoms with van der Waals surface area (Å²) >= 11 is 1.04. The van der Waals surface area contributed by atoms with Crippen LogP contribution in [0.25, 0.3) is 17.5 Å². The van der Waals surface area contributed by atoms with E-state index in [-0.39, 0.29) is 4.91 Å². The van der Waals surface area contributed by atoms with Crippen LogP contribution in [0.3, 0.4) is 0 Å². The average molecular weight is 442 g/mol. The Morgan fingerprint density at radius 3 is 2.29 bits per heavy atom. The van der Waals surface area contributed by atoms with Gasteiger partial charge >= 0.3 is 5.97 Å². The van der Waals surface area contributed by atoms with Gasteiger partial charge in [-0.15, -0.1) is 10.2 Å². The lowest BCUT2D eigenvalue weighted by atomic mass is 10.2. The number of rotatable bonds is 9. The fourth-order valence-corrected chi connectivity index (χ4v) is 3.80. The second-order valence-electron chi connectivity index (χ2n) is 6.34. The second kappa shape index (κ2) is 10.0. The number of carboxylic acids is 1. The maximum Gasteiger partial charge on any atom is 0.342 e. The average Bonchev–Trinajstić information content (AvgIpc) is 3.20. The maximum absolute atomic E-state index is 11.9. The fraction of sp³-hybridized carbons (Fsp3) is 0.227. The van der Waals surface area contributed by atoms with Crippen molar-refractivity contribution in [1.82, 2.24) is 14.8 Å². The number of aromatic nitrogens is 3. The van der Waals surface area contributed by atoms with E-state index in [1.165, 1.54) is 0 Å². The molecule has 0 fully saturated rings. The van der Waals surface area contributed by atoms with E-state index >= 15 is 0 Å². The monoisotopic (exact) mass is 441 g/mol. The van der Waals surface area contributed by atoms with E-state index < -0.39 is 5.97 Å². The summed E-state index contributed by atoms with van der Waals surface area (Å²) in [5.41, 5.74) is 1.47. The van der Waals surface area contributed by atoms with Gasteiger partial charge in [-0.3, -0.25) is 0 Å². The molecule has 9 heteroatoms. The number of carbonyl (C=O) groups is 1. The lowest BCUT2D eigenvalue weighted by molar-refractivity contribution is -0.131. The van der Waals surface area contributed by atoms with Crippen LogP contribution in [0, 0.1) is 0 Å². The molecule has 3 rings (SSSR count). The first-order chi connectivity index (χ1) is 15.0. The summed E-state index contributed by atoms with van der Waals surface area (Å²) in [7, 11) is 4.72. The highest BCUT2D eigenvalue weighted by Gasteiger charge is 2.19. The highest BCUT2D eigenvalue weighted by Crippen LogP contribution is 2.33. The molecule has 0 unspecified atom stereocenters. The Morgan fingerprint density at radius 2 is 1.71 bits per heavy atom. The van der Waals surface area contributed by atoms with Crippen LogP contribution in [0.15, 0.2) is 52.5 Å². The molecular formula is C22H23N3O5S. The summed E-state index contributed by atoms with van der Waals surface area (Å²) in [5, 5.41) is 18.7. The number of hydrogen-bond donors (Lipinski definition) is 1. The van der Waals surface area contributed by atoms with Gasteiger partial charge in [0.15, 0.2) is 11.0 Å². The van der Waals surface area contributed by atoms with Gasteiger partial charge in [-0.1, -0.05) is 12.1 Å². The van der Waals surface area contributed by atoms with E-state index in [0.29, 0.717) is 40.3 Å². The van der Waals surface area contributed by atoms with Crippen LogP contribution < -0.4 is 14.2 Å². The summed E-state index contributed by atoms with van der Waals surface area (Å²) in [6.45, 7) is 2.50. The quantitative estimate of drug-likeness (QED) is 0.390. The van der Waals surface area contributed by atoms with Crippen LogP contribution >= 0.6 is 11.8 Å². The van der Waals surface area contributed by atoms with Gasteiger partial charge in [-0.25, -0.2) is 4.79 Å². The Morgan fingerprint density at radius 1 is 1.03 bits per heavy atom. The van der Waals surface area contributed by atoms with Gasteiger partial charge in [0.1, 0.15) is 22.2 Å². The molecule has 0 aliphatic heterocycles. The van der Waals surface area contributed by atoms with Crippen molar-refractivity contribution in [2.75, 3.05) is 21.3 Å². The smallest absolute Gasteiger partial charge is 0.342 e. The summed E-state index contributed by atoms with van der Waals surface area (Å²) in [5.74, 6) is 1.43. The van der Waals surface area contributed by atoms with Crippen molar-refractivity contribution in [3.8, 4) is 28.6 Å². The van der Waals surface area contributed by atoms with Crippen LogP contribution in [0.1, 0.15) is 12.5 Å². The molecule has 0 radical (unpaired) electrons. The first kappa shape index (κ1) is 22.2. The van der Waals surface area contributed by atoms with Crippen molar-refractivity contribution in [1.29, 1.82) is 0 Å². The van der Waals surface area contributed by atoms with E-state index in [1.54, 1.807) is 51.7 Å². The number of methoxy groups -OCH3 is 3. The topological polar surface area (TPSA) is 95.7 Å². The van der Waals surface area contributed by atoms with E-state index in [9.17, 15) is 9.90 Å². The van der Waals surface area contributed by atoms with E-state index in [1.807, 2.05) is 29.7 Å². The molecule has 31 heavy (non-hydrogen) atoms. The SMILES string of the molecule is CCn1c(S/C(=C\c2cccc(OC)c2)C(=O)O)nnc1-c1cc(OC)cc(OC)c1. The van der Waals surface area contributed by atoms with E-state index in [0.717, 1.165) is 17.3 Å². The van der Waals surface area contributed by atoms with Gasteiger partial charge in [-0.2, -0.15) is 0 Å². The summed E-state index contributed by atoms with van der Waals surface area (Å²) in [6.07, 6.45) is 1.58. The number of thioether (sulfide) groups is 1. The van der Waals surface area contributed by atoms with Crippen LogP contribution in [0.5, 0.6) is 17.2 Å². The lowest BCUT2D eigenvalue weighted by Gasteiger charge is -2.10. The molecule has 2 aromatic carbocycles. The Kier molecular flexibility index (Phi) is 7.19. The molecule has 0 atom stereocenters. The van der Waals surface area contributed by atoms with Crippen molar-refractivity contribution in [3.63, 3.8) is 0 Å². The fourth-order valence-electron chi connectivity index (χ4n) is 2.92. The van der Waals surface area contributed by atoms with Gasteiger partial charge < -0.3 is 23.9 Å². The van der Waals surface area contributed by atoms with Crippen molar-refractivity contribution in [2.45, 2.75) is 18.6 Å². The summed E-state index contributed by atoms with van der Waals surface area (Å²) in [4.78, 5) is 12.0. The number of benzene rings is 2. The lowest BCUT2D eigenvalue weighted by Crippen LogP contribution is -2.03. The van der Waals surface area contributed by atoms with E-state index in [2.05, 4.69) is 10.2 Å². The standard InChI is InChI=1S/C22H23N3O5S/c1-5-25-20(15-11-17(29-3)13-18(12-15)30-4)23-24-22(25)31-19(21(26)27)10-14-7-6-8-16(9-14)28-2/h6-13H,5H2,1-4H3,(H,26,27)/b19-10-. The largest absolute Gasteiger partial charge is 0.497 e. The Hall–Kier alpha value is -3.46. The Bertz CT molecular complexity index is 1090. The van der Waals surface area contributed by atoms with Gasteiger partial charge in [0.2, 0.25) is 0 Å². The molecule has 1 heterocycles. The Labute approximate surface area is 184 Å². The Balaban J connectivity index is 1.99. The minimum absolute atomic E-state index is 0.116. The summed E-state index contributed by atoms with van der Waals surface area (Å²) < 4.78 is 17.7. The molecule has 0 aliphatic rings. The zero-order valence-corrected chi connectivity index (χ0v) is 18.5. The minimum Gasteiger partial charge on any atom is -0.497 e. The van der Waals surface area contributed by atoms with Crippen LogP contribution in [-0.4, -0.2) is 47.2 Å². The molecule has 0 saturated carbocycles. The third-order valence-corrected chi connectivity index (χ3v) is 5.44. The number of hydrogen-bond acceptors (Lipinski definition) is 7. The number of carboxylic acid groups (broad SMARTS) is 1. The number of ether oxygens (including phenoxy) is 3. The number of nitrogens with zero attached hydrogens (tertiary/aromatic N) is 3. The van der Waals surface area contributed by atoms with Gasteiger partial charge in [-0.05, 0) is 54.6 Å². The normalized spacial score (nSPS) is 11.3. The maximum atomic E-state index is 11.9. The third kappa shape index (κ3) is 5.18. The minimum atomic E-state index is -1.05. The van der Waals surface area contributed by atoms with Gasteiger partial charge in [0, 0.05) is 18.2 Å². The van der Waals surface area contributed by atoms with Crippen LogP contribution in [0.4, 0.5) is 0 Å². The van der Waals surface area contributed by atoms with Crippen molar-refractivity contribution < 1.29 is 24.1 Å². The molecule has 162 valence electrons. The third-order valence-electron chi connectivity index (χ3n) is 4.45. The molecule has 0 aliphatic carbocycles. The predicted octanol–water partition coefficient (Wildman–Crippen LogP) is 4.21. The second-order valence-corrected chi connectivity index (χ2v) is 7.35. The molecule has 3 aromatic rings. The highest BCUT2D eigenvalue weighted by atomic mass is 32.2. The molecule has 0 amide bonds. The van der Waals surface area contributed by atoms with E-state index in [4.69, 9.17) is 14.2 Å². The van der Waals surface area contributed by atoms with Crippen molar-refractivity contribution in [2.24, 2.45) is 0 Å². The first-order valence-corrected chi connectivity index (χ1v) is 10.2. The van der Waals surface area contributed by atoms with Gasteiger partial charge in [0.05, 0.1) is 21.3 Å². The molecule has 0 saturated heterocycles. The zero-order chi connectivity index (χ0) is 22.4. The first-order valence-electron chi connectivity index (χ1n) is 9.42. The van der Waals surface area contributed by atoms with Crippen molar-refractivity contribution in [3.05, 3.63) is 52.9 Å². The summed E-state index contributed by atoms with van der Waals surface area (Å²) in [6, 6.07) is 12.6. The molecule has 1 aromatic heterocycles. The highest BCUT2D eigenvalue weighted by molar-refractivity contribution is 8.04. The molecular weight excluding hydrogens is 418 g/mol. The van der Waals surface area contributed by atoms with Gasteiger partial charge in [0.25, 0.3) is 0 Å². The molecule has 1 N–H and O–H groups in total. The number of aliphatic carboxylic acids is 1. The van der Waals surface area contributed by atoms with Crippen LogP contribution in [0.2, 0.25) is 0 Å². The zero-order valence-electron chi connectivity index (χ0n) is 17.7. The molecule has 0 bridgehead atoms. The van der Waals surface area contributed by atoms with Crippen molar-refractivity contribution >= 4 is 23.8 Å². The predicted molar refractivity (Wildman–Crippen MR) is 119 cm³/mol.